The first-order chi connectivity index (χ1) is 11.3. The predicted octanol–water partition coefficient (Wildman–Crippen LogP) is 2.16. The Kier molecular flexibility index (Phi) is 6.75. The van der Waals surface area contributed by atoms with Crippen LogP contribution in [0.5, 0.6) is 0 Å². The number of hydrogen-bond acceptors (Lipinski definition) is 5. The van der Waals surface area contributed by atoms with Crippen LogP contribution in [0.3, 0.4) is 0 Å². The lowest BCUT2D eigenvalue weighted by Crippen LogP contribution is -2.57. The minimum atomic E-state index is -3.74. The number of hydrogen-bond donors (Lipinski definition) is 2. The number of methoxy groups -OCH3 is 1. The molecule has 2 rings (SSSR count). The van der Waals surface area contributed by atoms with E-state index in [-0.39, 0.29) is 6.10 Å². The van der Waals surface area contributed by atoms with Crippen molar-refractivity contribution in [2.45, 2.75) is 67.1 Å². The third-order valence-corrected chi connectivity index (χ3v) is 8.35. The van der Waals surface area contributed by atoms with Crippen molar-refractivity contribution >= 4 is 27.8 Å². The van der Waals surface area contributed by atoms with Gasteiger partial charge in [-0.15, -0.1) is 0 Å². The van der Waals surface area contributed by atoms with E-state index in [4.69, 9.17) is 4.74 Å². The molecule has 0 aromatic rings. The fraction of sp³-hybridized carbons (Fsp3) is 0.812. The van der Waals surface area contributed by atoms with Crippen LogP contribution in [-0.2, 0) is 19.6 Å². The number of thioether (sulfide) groups is 1. The maximum Gasteiger partial charge on any atom is 0.323 e. The molecular weight excluding hydrogens is 350 g/mol. The van der Waals surface area contributed by atoms with Crippen molar-refractivity contribution in [1.29, 1.82) is 0 Å². The monoisotopic (exact) mass is 377 g/mol. The van der Waals surface area contributed by atoms with Crippen molar-refractivity contribution in [3.05, 3.63) is 12.2 Å². The van der Waals surface area contributed by atoms with E-state index in [1.165, 1.54) is 11.8 Å². The number of aliphatic carboxylic acids is 1. The summed E-state index contributed by atoms with van der Waals surface area (Å²) in [4.78, 5) is 11.8. The molecular formula is C16H27NO5S2. The average molecular weight is 378 g/mol. The van der Waals surface area contributed by atoms with Crippen LogP contribution in [0.2, 0.25) is 0 Å². The largest absolute Gasteiger partial charge is 0.480 e. The van der Waals surface area contributed by atoms with Gasteiger partial charge < -0.3 is 9.84 Å². The summed E-state index contributed by atoms with van der Waals surface area (Å²) in [5.41, 5.74) is 0. The van der Waals surface area contributed by atoms with E-state index in [1.807, 2.05) is 6.26 Å². The Hall–Kier alpha value is -0.570. The minimum absolute atomic E-state index is 0.0670. The Morgan fingerprint density at radius 2 is 1.96 bits per heavy atom. The highest BCUT2D eigenvalue weighted by Crippen LogP contribution is 2.42. The standard InChI is InChI=1S/C16H27NO5S2/c1-22-12-6-8-13(9-7-12)24(20,21)17-14(15(18)19)16(23-2)10-4-3-5-11-16/h6,8,12-14,17H,3-5,7,9-11H2,1-2H3,(H,18,19). The normalized spacial score (nSPS) is 28.4. The maximum absolute atomic E-state index is 12.7. The highest BCUT2D eigenvalue weighted by Gasteiger charge is 2.46. The van der Waals surface area contributed by atoms with E-state index in [9.17, 15) is 18.3 Å². The van der Waals surface area contributed by atoms with Crippen molar-refractivity contribution in [3.8, 4) is 0 Å². The van der Waals surface area contributed by atoms with Gasteiger partial charge in [0.15, 0.2) is 0 Å². The Balaban J connectivity index is 2.19. The van der Waals surface area contributed by atoms with E-state index in [0.717, 1.165) is 32.1 Å². The zero-order valence-electron chi connectivity index (χ0n) is 14.2. The number of carboxylic acids is 1. The van der Waals surface area contributed by atoms with Gasteiger partial charge in [0.25, 0.3) is 0 Å². The van der Waals surface area contributed by atoms with Gasteiger partial charge >= 0.3 is 5.97 Å². The first kappa shape index (κ1) is 19.8. The van der Waals surface area contributed by atoms with E-state index < -0.39 is 32.0 Å². The highest BCUT2D eigenvalue weighted by atomic mass is 32.2. The summed E-state index contributed by atoms with van der Waals surface area (Å²) in [5.74, 6) is -1.09. The summed E-state index contributed by atoms with van der Waals surface area (Å²) in [6.45, 7) is 0. The molecule has 24 heavy (non-hydrogen) atoms. The molecule has 138 valence electrons. The van der Waals surface area contributed by atoms with Crippen LogP contribution < -0.4 is 4.72 Å². The number of carboxylic acid groups (broad SMARTS) is 1. The molecule has 0 spiro atoms. The predicted molar refractivity (Wildman–Crippen MR) is 95.8 cm³/mol. The molecule has 8 heteroatoms. The van der Waals surface area contributed by atoms with E-state index in [1.54, 1.807) is 19.3 Å². The van der Waals surface area contributed by atoms with Crippen molar-refractivity contribution in [2.24, 2.45) is 0 Å². The Bertz CT molecular complexity index is 569. The molecule has 0 radical (unpaired) electrons. The zero-order valence-corrected chi connectivity index (χ0v) is 15.9. The highest BCUT2D eigenvalue weighted by molar-refractivity contribution is 8.00. The Morgan fingerprint density at radius 1 is 1.29 bits per heavy atom. The molecule has 0 saturated heterocycles. The molecule has 3 unspecified atom stereocenters. The summed E-state index contributed by atoms with van der Waals surface area (Å²) < 4.78 is 32.6. The molecule has 2 aliphatic carbocycles. The van der Waals surface area contributed by atoms with Crippen LogP contribution in [0.15, 0.2) is 12.2 Å². The lowest BCUT2D eigenvalue weighted by Gasteiger charge is -2.40. The van der Waals surface area contributed by atoms with Gasteiger partial charge in [-0.05, 0) is 31.9 Å². The third-order valence-electron chi connectivity index (χ3n) is 5.14. The van der Waals surface area contributed by atoms with Crippen LogP contribution in [0, 0.1) is 0 Å². The molecule has 2 N–H and O–H groups in total. The fourth-order valence-corrected chi connectivity index (χ4v) is 6.36. The first-order valence-electron chi connectivity index (χ1n) is 8.35. The zero-order chi connectivity index (χ0) is 17.8. The van der Waals surface area contributed by atoms with Gasteiger partial charge in [-0.2, -0.15) is 16.5 Å². The number of sulfonamides is 1. The van der Waals surface area contributed by atoms with Gasteiger partial charge in [-0.1, -0.05) is 31.4 Å². The lowest BCUT2D eigenvalue weighted by molar-refractivity contribution is -0.140. The van der Waals surface area contributed by atoms with Crippen LogP contribution in [0.4, 0.5) is 0 Å². The van der Waals surface area contributed by atoms with Crippen molar-refractivity contribution < 1.29 is 23.1 Å². The van der Waals surface area contributed by atoms with Crippen LogP contribution >= 0.6 is 11.8 Å². The summed E-state index contributed by atoms with van der Waals surface area (Å²) >= 11 is 1.48. The van der Waals surface area contributed by atoms with Crippen LogP contribution in [-0.4, -0.2) is 55.0 Å². The molecule has 0 aromatic carbocycles. The van der Waals surface area contributed by atoms with E-state index in [0.29, 0.717) is 12.8 Å². The summed E-state index contributed by atoms with van der Waals surface area (Å²) in [6.07, 6.45) is 10.6. The smallest absolute Gasteiger partial charge is 0.323 e. The Morgan fingerprint density at radius 3 is 2.42 bits per heavy atom. The van der Waals surface area contributed by atoms with Gasteiger partial charge in [0.05, 0.1) is 11.4 Å². The molecule has 0 aliphatic heterocycles. The fourth-order valence-electron chi connectivity index (χ4n) is 3.62. The molecule has 1 fully saturated rings. The van der Waals surface area contributed by atoms with Crippen molar-refractivity contribution in [3.63, 3.8) is 0 Å². The van der Waals surface area contributed by atoms with Crippen LogP contribution in [0.25, 0.3) is 0 Å². The van der Waals surface area contributed by atoms with Crippen molar-refractivity contribution in [2.75, 3.05) is 13.4 Å². The number of nitrogens with one attached hydrogen (secondary N) is 1. The average Bonchev–Trinajstić information content (AvgIpc) is 2.60. The van der Waals surface area contributed by atoms with Gasteiger partial charge in [-0.3, -0.25) is 4.79 Å². The maximum atomic E-state index is 12.7. The molecule has 0 aromatic heterocycles. The summed E-state index contributed by atoms with van der Waals surface area (Å²) in [7, 11) is -2.15. The minimum Gasteiger partial charge on any atom is -0.480 e. The molecule has 1 saturated carbocycles. The van der Waals surface area contributed by atoms with Gasteiger partial charge in [0.1, 0.15) is 6.04 Å². The third kappa shape index (κ3) is 4.33. The molecule has 0 amide bonds. The number of carbonyl (C=O) groups is 1. The Labute approximate surface area is 148 Å². The van der Waals surface area contributed by atoms with Gasteiger partial charge in [0, 0.05) is 11.9 Å². The van der Waals surface area contributed by atoms with Gasteiger partial charge in [-0.25, -0.2) is 8.42 Å². The molecule has 6 nitrogen and oxygen atoms in total. The quantitative estimate of drug-likeness (QED) is 0.661. The summed E-state index contributed by atoms with van der Waals surface area (Å²) in [6, 6.07) is -1.09. The van der Waals surface area contributed by atoms with E-state index in [2.05, 4.69) is 4.72 Å². The van der Waals surface area contributed by atoms with Gasteiger partial charge in [0.2, 0.25) is 10.0 Å². The lowest BCUT2D eigenvalue weighted by atomic mass is 9.83. The summed E-state index contributed by atoms with van der Waals surface area (Å²) in [5, 5.41) is 8.98. The van der Waals surface area contributed by atoms with E-state index >= 15 is 0 Å². The number of rotatable bonds is 7. The van der Waals surface area contributed by atoms with Crippen molar-refractivity contribution in [1.82, 2.24) is 4.72 Å². The second kappa shape index (κ2) is 8.21. The second-order valence-electron chi connectivity index (χ2n) is 6.54. The molecule has 0 bridgehead atoms. The SMILES string of the molecule is COC1C=CC(S(=O)(=O)NC(C(=O)O)C2(SC)CCCCC2)CC1. The molecule has 2 aliphatic rings. The topological polar surface area (TPSA) is 92.7 Å². The van der Waals surface area contributed by atoms with Crippen LogP contribution in [0.1, 0.15) is 44.9 Å². The molecule has 0 heterocycles. The second-order valence-corrected chi connectivity index (χ2v) is 9.69. The molecule has 3 atom stereocenters. The first-order valence-corrected chi connectivity index (χ1v) is 11.1. The number of ether oxygens (including phenoxy) is 1.